The molecular formula is C18H15Cl2NO7. The topological polar surface area (TPSA) is 105 Å². The number of benzene rings is 2. The molecule has 0 aliphatic carbocycles. The minimum absolute atomic E-state index is 0.111. The molecule has 2 aromatic rings. The van der Waals surface area contributed by atoms with Gasteiger partial charge in [-0.1, -0.05) is 23.2 Å². The van der Waals surface area contributed by atoms with Gasteiger partial charge >= 0.3 is 5.97 Å². The second-order valence-electron chi connectivity index (χ2n) is 5.34. The highest BCUT2D eigenvalue weighted by atomic mass is 35.5. The third-order valence-corrected chi connectivity index (χ3v) is 4.31. The summed E-state index contributed by atoms with van der Waals surface area (Å²) in [5.41, 5.74) is -0.718. The first kappa shape index (κ1) is 21.5. The van der Waals surface area contributed by atoms with Gasteiger partial charge < -0.3 is 14.2 Å². The van der Waals surface area contributed by atoms with Crippen LogP contribution in [-0.2, 0) is 4.74 Å². The van der Waals surface area contributed by atoms with Crippen LogP contribution >= 0.6 is 23.2 Å². The van der Waals surface area contributed by atoms with Crippen molar-refractivity contribution in [1.82, 2.24) is 0 Å². The summed E-state index contributed by atoms with van der Waals surface area (Å²) in [5.74, 6) is -1.37. The van der Waals surface area contributed by atoms with Crippen LogP contribution in [0.4, 0.5) is 5.69 Å². The number of ether oxygens (including phenoxy) is 3. The molecule has 0 bridgehead atoms. The quantitative estimate of drug-likeness (QED) is 0.266. The number of nitrogens with zero attached hydrogens (tertiary/aromatic N) is 1. The van der Waals surface area contributed by atoms with Crippen LogP contribution in [0.5, 0.6) is 11.5 Å². The Labute approximate surface area is 170 Å². The fourth-order valence-corrected chi connectivity index (χ4v) is 2.55. The van der Waals surface area contributed by atoms with E-state index in [0.717, 1.165) is 12.1 Å². The van der Waals surface area contributed by atoms with Crippen molar-refractivity contribution in [3.8, 4) is 11.5 Å². The van der Waals surface area contributed by atoms with Crippen molar-refractivity contribution in [2.45, 2.75) is 6.92 Å². The minimum Gasteiger partial charge on any atom is -0.493 e. The molecule has 2 rings (SSSR count). The van der Waals surface area contributed by atoms with Gasteiger partial charge in [0.2, 0.25) is 0 Å². The Kier molecular flexibility index (Phi) is 7.19. The van der Waals surface area contributed by atoms with Crippen molar-refractivity contribution in [2.24, 2.45) is 0 Å². The average Bonchev–Trinajstić information content (AvgIpc) is 2.67. The Morgan fingerprint density at radius 3 is 2.39 bits per heavy atom. The second kappa shape index (κ2) is 9.38. The van der Waals surface area contributed by atoms with Crippen LogP contribution in [0.1, 0.15) is 27.6 Å². The molecule has 8 nitrogen and oxygen atoms in total. The number of nitro benzene ring substituents is 1. The second-order valence-corrected chi connectivity index (χ2v) is 6.15. The molecule has 0 saturated heterocycles. The fourth-order valence-electron chi connectivity index (χ4n) is 2.25. The summed E-state index contributed by atoms with van der Waals surface area (Å²) in [6.07, 6.45) is 0. The lowest BCUT2D eigenvalue weighted by Gasteiger charge is -2.11. The monoisotopic (exact) mass is 427 g/mol. The zero-order valence-electron chi connectivity index (χ0n) is 14.9. The van der Waals surface area contributed by atoms with Gasteiger partial charge in [-0.2, -0.15) is 0 Å². The largest absolute Gasteiger partial charge is 0.493 e. The molecule has 0 unspecified atom stereocenters. The smallest absolute Gasteiger partial charge is 0.345 e. The van der Waals surface area contributed by atoms with Crippen LogP contribution in [0.2, 0.25) is 10.0 Å². The van der Waals surface area contributed by atoms with E-state index in [2.05, 4.69) is 0 Å². The molecule has 0 radical (unpaired) electrons. The maximum Gasteiger partial charge on any atom is 0.345 e. The molecule has 0 aliphatic rings. The van der Waals surface area contributed by atoms with Crippen molar-refractivity contribution in [3.05, 3.63) is 61.6 Å². The van der Waals surface area contributed by atoms with Gasteiger partial charge in [0.05, 0.1) is 34.8 Å². The summed E-state index contributed by atoms with van der Waals surface area (Å²) in [6, 6.07) is 6.39. The highest BCUT2D eigenvalue weighted by molar-refractivity contribution is 6.42. The summed E-state index contributed by atoms with van der Waals surface area (Å²) in [5, 5.41) is 11.8. The van der Waals surface area contributed by atoms with E-state index in [0.29, 0.717) is 0 Å². The van der Waals surface area contributed by atoms with Crippen molar-refractivity contribution >= 4 is 40.6 Å². The standard InChI is InChI=1S/C18H15Cl2NO7/c1-3-27-17-8-14(21(24)25)11(7-16(17)26-2)18(23)28-9-15(22)10-4-5-12(19)13(20)6-10/h4-8H,3,9H2,1-2H3. The zero-order valence-corrected chi connectivity index (χ0v) is 16.4. The van der Waals surface area contributed by atoms with E-state index < -0.39 is 29.0 Å². The zero-order chi connectivity index (χ0) is 20.8. The maximum absolute atomic E-state index is 12.3. The molecule has 0 aromatic heterocycles. The van der Waals surface area contributed by atoms with Crippen LogP contribution in [0.25, 0.3) is 0 Å². The van der Waals surface area contributed by atoms with Crippen molar-refractivity contribution < 1.29 is 28.7 Å². The van der Waals surface area contributed by atoms with Gasteiger partial charge in [0.1, 0.15) is 5.56 Å². The number of carbonyl (C=O) groups excluding carboxylic acids is 2. The number of carbonyl (C=O) groups is 2. The van der Waals surface area contributed by atoms with Crippen molar-refractivity contribution in [2.75, 3.05) is 20.3 Å². The fraction of sp³-hybridized carbons (Fsp3) is 0.222. The molecule has 0 atom stereocenters. The minimum atomic E-state index is -1.05. The van der Waals surface area contributed by atoms with Crippen molar-refractivity contribution in [3.63, 3.8) is 0 Å². The lowest BCUT2D eigenvalue weighted by molar-refractivity contribution is -0.385. The Morgan fingerprint density at radius 2 is 1.82 bits per heavy atom. The van der Waals surface area contributed by atoms with E-state index in [1.807, 2.05) is 0 Å². The van der Waals surface area contributed by atoms with Gasteiger partial charge in [0, 0.05) is 11.6 Å². The van der Waals surface area contributed by atoms with Gasteiger partial charge in [-0.15, -0.1) is 0 Å². The summed E-state index contributed by atoms with van der Waals surface area (Å²) in [7, 11) is 1.33. The Morgan fingerprint density at radius 1 is 1.11 bits per heavy atom. The lowest BCUT2D eigenvalue weighted by Crippen LogP contribution is -2.15. The number of nitro groups is 1. The highest BCUT2D eigenvalue weighted by Crippen LogP contribution is 2.35. The van der Waals surface area contributed by atoms with Crippen LogP contribution in [0.15, 0.2) is 30.3 Å². The lowest BCUT2D eigenvalue weighted by atomic mass is 10.1. The Hall–Kier alpha value is -2.84. The van der Waals surface area contributed by atoms with E-state index in [4.69, 9.17) is 37.4 Å². The summed E-state index contributed by atoms with van der Waals surface area (Å²) in [4.78, 5) is 35.1. The number of esters is 1. The molecule has 10 heteroatoms. The van der Waals surface area contributed by atoms with Crippen LogP contribution in [0, 0.1) is 10.1 Å². The molecule has 0 amide bonds. The van der Waals surface area contributed by atoms with Gasteiger partial charge in [-0.25, -0.2) is 4.79 Å². The number of halogens is 2. The Bertz CT molecular complexity index is 930. The van der Waals surface area contributed by atoms with Gasteiger partial charge in [-0.05, 0) is 25.1 Å². The van der Waals surface area contributed by atoms with Gasteiger partial charge in [-0.3, -0.25) is 14.9 Å². The van der Waals surface area contributed by atoms with E-state index in [-0.39, 0.29) is 39.3 Å². The first-order valence-electron chi connectivity index (χ1n) is 7.93. The van der Waals surface area contributed by atoms with Gasteiger partial charge in [0.25, 0.3) is 5.69 Å². The predicted octanol–water partition coefficient (Wildman–Crippen LogP) is 4.35. The SMILES string of the molecule is CCOc1cc([N+](=O)[O-])c(C(=O)OCC(=O)c2ccc(Cl)c(Cl)c2)cc1OC. The first-order chi connectivity index (χ1) is 13.3. The van der Waals surface area contributed by atoms with Crippen LogP contribution in [0.3, 0.4) is 0 Å². The molecule has 2 aromatic carbocycles. The van der Waals surface area contributed by atoms with Gasteiger partial charge in [0.15, 0.2) is 23.9 Å². The summed E-state index contributed by atoms with van der Waals surface area (Å²) in [6.45, 7) is 1.31. The molecule has 28 heavy (non-hydrogen) atoms. The maximum atomic E-state index is 12.3. The van der Waals surface area contributed by atoms with Crippen LogP contribution in [-0.4, -0.2) is 37.0 Å². The van der Waals surface area contributed by atoms with E-state index in [1.165, 1.54) is 25.3 Å². The average molecular weight is 428 g/mol. The van der Waals surface area contributed by atoms with Crippen molar-refractivity contribution in [1.29, 1.82) is 0 Å². The predicted molar refractivity (Wildman–Crippen MR) is 102 cm³/mol. The molecule has 0 spiro atoms. The number of Topliss-reactive ketones (excluding diaryl/α,β-unsaturated/α-hetero) is 1. The van der Waals surface area contributed by atoms with Crippen LogP contribution < -0.4 is 9.47 Å². The van der Waals surface area contributed by atoms with E-state index >= 15 is 0 Å². The number of hydrogen-bond acceptors (Lipinski definition) is 7. The molecular weight excluding hydrogens is 413 g/mol. The molecule has 148 valence electrons. The first-order valence-corrected chi connectivity index (χ1v) is 8.68. The number of rotatable bonds is 8. The molecule has 0 aliphatic heterocycles. The molecule has 0 saturated carbocycles. The normalized spacial score (nSPS) is 10.3. The summed E-state index contributed by atoms with van der Waals surface area (Å²) >= 11 is 11.6. The van der Waals surface area contributed by atoms with E-state index in [1.54, 1.807) is 6.92 Å². The Balaban J connectivity index is 2.24. The molecule has 0 N–H and O–H groups in total. The third-order valence-electron chi connectivity index (χ3n) is 3.57. The third kappa shape index (κ3) is 4.90. The highest BCUT2D eigenvalue weighted by Gasteiger charge is 2.26. The molecule has 0 heterocycles. The molecule has 0 fully saturated rings. The van der Waals surface area contributed by atoms with E-state index in [9.17, 15) is 19.7 Å². The number of methoxy groups -OCH3 is 1. The number of hydrogen-bond donors (Lipinski definition) is 0. The summed E-state index contributed by atoms with van der Waals surface area (Å²) < 4.78 is 15.3. The number of ketones is 1.